The lowest BCUT2D eigenvalue weighted by Crippen LogP contribution is -2.70. The number of Topliss-reactive ketones (excluding diaryl/α,β-unsaturated/α-hetero) is 1. The second kappa shape index (κ2) is 8.08. The van der Waals surface area contributed by atoms with E-state index in [4.69, 9.17) is 9.78 Å². The summed E-state index contributed by atoms with van der Waals surface area (Å²) in [5.74, 6) is 3.37. The molecule has 1 aromatic rings. The van der Waals surface area contributed by atoms with Crippen molar-refractivity contribution < 1.29 is 19.7 Å². The van der Waals surface area contributed by atoms with Crippen LogP contribution in [0, 0.1) is 34.0 Å². The van der Waals surface area contributed by atoms with Crippen molar-refractivity contribution in [3.63, 3.8) is 0 Å². The van der Waals surface area contributed by atoms with Crippen molar-refractivity contribution in [1.82, 2.24) is 0 Å². The quantitative estimate of drug-likeness (QED) is 0.338. The second-order valence-corrected chi connectivity index (χ2v) is 16.1. The number of ketones is 1. The molecule has 4 saturated carbocycles. The van der Waals surface area contributed by atoms with E-state index in [1.807, 2.05) is 11.8 Å². The van der Waals surface area contributed by atoms with Crippen molar-refractivity contribution in [1.29, 1.82) is 0 Å². The molecule has 1 heterocycles. The fourth-order valence-corrected chi connectivity index (χ4v) is 11.6. The lowest BCUT2D eigenvalue weighted by molar-refractivity contribution is -0.425. The minimum Gasteiger partial charge on any atom is -0.389 e. The molecule has 0 bridgehead atoms. The largest absolute Gasteiger partial charge is 0.389 e. The van der Waals surface area contributed by atoms with E-state index >= 15 is 0 Å². The first-order valence-corrected chi connectivity index (χ1v) is 15.8. The molecule has 2 spiro atoms. The van der Waals surface area contributed by atoms with Crippen LogP contribution in [0.3, 0.4) is 0 Å². The van der Waals surface area contributed by atoms with E-state index in [2.05, 4.69) is 45.9 Å². The molecule has 0 radical (unpaired) electrons. The zero-order valence-corrected chi connectivity index (χ0v) is 23.9. The zero-order valence-electron chi connectivity index (χ0n) is 23.1. The van der Waals surface area contributed by atoms with Gasteiger partial charge in [0.1, 0.15) is 11.4 Å². The molecule has 202 valence electrons. The Morgan fingerprint density at radius 3 is 2.73 bits per heavy atom. The maximum atomic E-state index is 13.3. The summed E-state index contributed by atoms with van der Waals surface area (Å²) in [6.45, 7) is 9.65. The van der Waals surface area contributed by atoms with Gasteiger partial charge in [-0.25, -0.2) is 9.78 Å². The standard InChI is InChI=1S/C32H44O4S/c1-5-37-21-6-7-22-20(14-21)15-31-13-12-30(17-28(2,3)19-35-36-30)18-32(31,34)11-10-23-25-8-9-26(33)29(25,4)16-24(22)27(23)31/h6-7,14,23-25,27,34H,5,8-13,15-19H2,1-4H3/t23-,24+,25-,27+,29-,30?,31-,32+/m0/s1. The Bertz CT molecular complexity index is 1130. The van der Waals surface area contributed by atoms with Crippen LogP contribution in [0.15, 0.2) is 23.1 Å². The predicted octanol–water partition coefficient (Wildman–Crippen LogP) is 6.87. The molecule has 1 aromatic carbocycles. The molecule has 37 heavy (non-hydrogen) atoms. The molecule has 5 heteroatoms. The maximum absolute atomic E-state index is 13.3. The number of rotatable bonds is 2. The molecule has 4 nitrogen and oxygen atoms in total. The van der Waals surface area contributed by atoms with Gasteiger partial charge < -0.3 is 5.11 Å². The highest BCUT2D eigenvalue weighted by Crippen LogP contribution is 2.74. The number of hydrogen-bond acceptors (Lipinski definition) is 5. The van der Waals surface area contributed by atoms with Crippen molar-refractivity contribution in [2.24, 2.45) is 34.0 Å². The molecule has 5 aliphatic carbocycles. The van der Waals surface area contributed by atoms with Crippen molar-refractivity contribution in [3.8, 4) is 0 Å². The third kappa shape index (κ3) is 3.42. The first-order valence-electron chi connectivity index (χ1n) is 14.9. The maximum Gasteiger partial charge on any atom is 0.139 e. The Hall–Kier alpha value is -0.880. The zero-order chi connectivity index (χ0) is 25.8. The van der Waals surface area contributed by atoms with E-state index in [9.17, 15) is 9.90 Å². The monoisotopic (exact) mass is 524 g/mol. The molecule has 6 aliphatic rings. The van der Waals surface area contributed by atoms with Gasteiger partial charge in [-0.15, -0.1) is 11.8 Å². The van der Waals surface area contributed by atoms with Crippen LogP contribution in [-0.4, -0.2) is 34.5 Å². The Morgan fingerprint density at radius 1 is 1.11 bits per heavy atom. The Kier molecular flexibility index (Phi) is 5.49. The fourth-order valence-electron chi connectivity index (χ4n) is 10.9. The highest BCUT2D eigenvalue weighted by atomic mass is 32.2. The summed E-state index contributed by atoms with van der Waals surface area (Å²) in [5, 5.41) is 12.9. The van der Waals surface area contributed by atoms with Gasteiger partial charge >= 0.3 is 0 Å². The normalized spacial score (nSPS) is 47.6. The Morgan fingerprint density at radius 2 is 1.95 bits per heavy atom. The molecular formula is C32H44O4S. The van der Waals surface area contributed by atoms with Crippen LogP contribution in [0.5, 0.6) is 0 Å². The third-order valence-electron chi connectivity index (χ3n) is 12.1. The van der Waals surface area contributed by atoms with Crippen LogP contribution in [0.25, 0.3) is 0 Å². The van der Waals surface area contributed by atoms with Crippen LogP contribution < -0.4 is 0 Å². The first kappa shape index (κ1) is 25.1. The first-order chi connectivity index (χ1) is 17.5. The van der Waals surface area contributed by atoms with Gasteiger partial charge in [-0.3, -0.25) is 4.79 Å². The van der Waals surface area contributed by atoms with Crippen LogP contribution in [0.2, 0.25) is 0 Å². The summed E-state index contributed by atoms with van der Waals surface area (Å²) >= 11 is 1.91. The van der Waals surface area contributed by atoms with Crippen molar-refractivity contribution in [2.45, 2.75) is 114 Å². The minimum absolute atomic E-state index is 0.0567. The van der Waals surface area contributed by atoms with Gasteiger partial charge in [-0.05, 0) is 109 Å². The summed E-state index contributed by atoms with van der Waals surface area (Å²) in [7, 11) is 0. The Labute approximate surface area is 226 Å². The highest BCUT2D eigenvalue weighted by molar-refractivity contribution is 7.99. The number of aliphatic hydroxyl groups is 1. The second-order valence-electron chi connectivity index (χ2n) is 14.7. The average molecular weight is 525 g/mol. The van der Waals surface area contributed by atoms with E-state index in [-0.39, 0.29) is 16.2 Å². The van der Waals surface area contributed by atoms with Crippen molar-refractivity contribution in [3.05, 3.63) is 29.3 Å². The third-order valence-corrected chi connectivity index (χ3v) is 13.0. The number of benzene rings is 1. The predicted molar refractivity (Wildman–Crippen MR) is 145 cm³/mol. The van der Waals surface area contributed by atoms with E-state index in [0.717, 1.165) is 63.5 Å². The lowest BCUT2D eigenvalue weighted by atomic mass is 9.36. The van der Waals surface area contributed by atoms with E-state index in [0.29, 0.717) is 42.5 Å². The molecular weight excluding hydrogens is 480 g/mol. The van der Waals surface area contributed by atoms with E-state index < -0.39 is 11.2 Å². The van der Waals surface area contributed by atoms with Gasteiger partial charge in [-0.1, -0.05) is 33.8 Å². The van der Waals surface area contributed by atoms with Crippen LogP contribution >= 0.6 is 11.8 Å². The molecule has 0 aromatic heterocycles. The number of carbonyl (C=O) groups excluding carboxylic acids is 1. The molecule has 1 saturated heterocycles. The van der Waals surface area contributed by atoms with Crippen molar-refractivity contribution >= 4 is 17.5 Å². The molecule has 1 aliphatic heterocycles. The molecule has 0 amide bonds. The topological polar surface area (TPSA) is 55.8 Å². The molecule has 7 rings (SSSR count). The number of fused-ring (bicyclic) bond motifs is 4. The van der Waals surface area contributed by atoms with Gasteiger partial charge in [0.25, 0.3) is 0 Å². The molecule has 1 N–H and O–H groups in total. The highest BCUT2D eigenvalue weighted by Gasteiger charge is 2.72. The fraction of sp³-hybridized carbons (Fsp3) is 0.781. The van der Waals surface area contributed by atoms with Crippen LogP contribution in [0.4, 0.5) is 0 Å². The number of thioether (sulfide) groups is 1. The molecule has 5 fully saturated rings. The minimum atomic E-state index is -0.761. The summed E-state index contributed by atoms with van der Waals surface area (Å²) in [4.78, 5) is 26.6. The van der Waals surface area contributed by atoms with Crippen LogP contribution in [-0.2, 0) is 21.0 Å². The average Bonchev–Trinajstić information content (AvgIpc) is 3.13. The smallest absolute Gasteiger partial charge is 0.139 e. The van der Waals surface area contributed by atoms with E-state index in [1.54, 1.807) is 0 Å². The lowest BCUT2D eigenvalue weighted by Gasteiger charge is -2.70. The van der Waals surface area contributed by atoms with Gasteiger partial charge in [0.2, 0.25) is 0 Å². The summed E-state index contributed by atoms with van der Waals surface area (Å²) in [6, 6.07) is 7.13. The van der Waals surface area contributed by atoms with Gasteiger partial charge in [-0.2, -0.15) is 0 Å². The summed E-state index contributed by atoms with van der Waals surface area (Å²) < 4.78 is 0. The molecule has 1 unspecified atom stereocenters. The van der Waals surface area contributed by atoms with E-state index in [1.165, 1.54) is 16.0 Å². The van der Waals surface area contributed by atoms with Gasteiger partial charge in [0.05, 0.1) is 12.2 Å². The Balaban J connectivity index is 1.35. The van der Waals surface area contributed by atoms with Gasteiger partial charge in [0.15, 0.2) is 0 Å². The summed E-state index contributed by atoms with van der Waals surface area (Å²) in [6.07, 6.45) is 9.14. The van der Waals surface area contributed by atoms with Gasteiger partial charge in [0, 0.05) is 28.6 Å². The van der Waals surface area contributed by atoms with Crippen LogP contribution in [0.1, 0.15) is 103 Å². The summed E-state index contributed by atoms with van der Waals surface area (Å²) in [5.41, 5.74) is 1.47. The van der Waals surface area contributed by atoms with Crippen molar-refractivity contribution in [2.75, 3.05) is 12.4 Å². The number of hydrogen-bond donors (Lipinski definition) is 1. The number of carbonyl (C=O) groups is 1. The molecule has 8 atom stereocenters. The SMILES string of the molecule is CCSc1ccc2c(c1)C[C@]13CCC4(CC(C)(C)COO4)C[C@]1(O)CC[C@@H]1[C@@H]3[C@@H]2C[C@]2(C)C(=O)CC[C@@H]12.